The van der Waals surface area contributed by atoms with Crippen LogP contribution < -0.4 is 0 Å². The van der Waals surface area contributed by atoms with Crippen LogP contribution in [0.25, 0.3) is 0 Å². The van der Waals surface area contributed by atoms with Gasteiger partial charge in [-0.25, -0.2) is 4.79 Å². The fourth-order valence-electron chi connectivity index (χ4n) is 1.50. The molecule has 86 valence electrons. The van der Waals surface area contributed by atoms with Crippen molar-refractivity contribution < 1.29 is 19.8 Å². The molecule has 0 heterocycles. The third-order valence-corrected chi connectivity index (χ3v) is 2.79. The molecule has 1 unspecified atom stereocenters. The van der Waals surface area contributed by atoms with E-state index in [9.17, 15) is 9.59 Å². The molecule has 0 aliphatic rings. The van der Waals surface area contributed by atoms with E-state index in [1.807, 2.05) is 0 Å². The van der Waals surface area contributed by atoms with Gasteiger partial charge in [0, 0.05) is 0 Å². The number of benzene rings is 1. The second kappa shape index (κ2) is 4.35. The van der Waals surface area contributed by atoms with Gasteiger partial charge >= 0.3 is 11.9 Å². The third-order valence-electron chi connectivity index (χ3n) is 2.79. The van der Waals surface area contributed by atoms with Gasteiger partial charge in [-0.1, -0.05) is 6.07 Å². The predicted octanol–water partition coefficient (Wildman–Crippen LogP) is 2.19. The van der Waals surface area contributed by atoms with Crippen LogP contribution in [-0.4, -0.2) is 22.2 Å². The van der Waals surface area contributed by atoms with E-state index >= 15 is 0 Å². The van der Waals surface area contributed by atoms with Crippen LogP contribution in [0.15, 0.2) is 12.1 Å². The van der Waals surface area contributed by atoms with Crippen molar-refractivity contribution in [1.29, 1.82) is 0 Å². The predicted molar refractivity (Wildman–Crippen MR) is 58.9 cm³/mol. The van der Waals surface area contributed by atoms with Crippen LogP contribution in [0.5, 0.6) is 0 Å². The van der Waals surface area contributed by atoms with Crippen LogP contribution >= 0.6 is 0 Å². The van der Waals surface area contributed by atoms with Crippen LogP contribution in [0.1, 0.15) is 39.9 Å². The molecule has 0 aromatic heterocycles. The van der Waals surface area contributed by atoms with E-state index in [0.717, 1.165) is 5.56 Å². The fourth-order valence-corrected chi connectivity index (χ4v) is 1.50. The first kappa shape index (κ1) is 12.2. The van der Waals surface area contributed by atoms with Crippen LogP contribution in [-0.2, 0) is 4.79 Å². The molecule has 0 saturated heterocycles. The molecule has 0 spiro atoms. The molecule has 4 nitrogen and oxygen atoms in total. The lowest BCUT2D eigenvalue weighted by Crippen LogP contribution is -2.10. The highest BCUT2D eigenvalue weighted by molar-refractivity contribution is 5.90. The number of carboxylic acid groups (broad SMARTS) is 2. The number of hydrogen-bond acceptors (Lipinski definition) is 2. The van der Waals surface area contributed by atoms with E-state index in [2.05, 4.69) is 0 Å². The highest BCUT2D eigenvalue weighted by Gasteiger charge is 2.18. The van der Waals surface area contributed by atoms with Gasteiger partial charge in [-0.05, 0) is 43.5 Å². The molecule has 1 rings (SSSR count). The average molecular weight is 222 g/mol. The minimum absolute atomic E-state index is 0.170. The quantitative estimate of drug-likeness (QED) is 0.822. The minimum Gasteiger partial charge on any atom is -0.481 e. The Labute approximate surface area is 93.5 Å². The van der Waals surface area contributed by atoms with Gasteiger partial charge in [0.25, 0.3) is 0 Å². The molecule has 0 fully saturated rings. The van der Waals surface area contributed by atoms with E-state index in [4.69, 9.17) is 10.2 Å². The molecular formula is C12H14O4. The molecule has 16 heavy (non-hydrogen) atoms. The SMILES string of the molecule is Cc1cc(C(C)C(=O)O)cc(C(=O)O)c1C. The Kier molecular flexibility index (Phi) is 3.32. The van der Waals surface area contributed by atoms with Crippen molar-refractivity contribution in [2.24, 2.45) is 0 Å². The van der Waals surface area contributed by atoms with Crippen LogP contribution in [0, 0.1) is 13.8 Å². The Hall–Kier alpha value is -1.84. The summed E-state index contributed by atoms with van der Waals surface area (Å²) < 4.78 is 0. The number of carbonyl (C=O) groups is 2. The highest BCUT2D eigenvalue weighted by atomic mass is 16.4. The molecule has 0 aliphatic carbocycles. The highest BCUT2D eigenvalue weighted by Crippen LogP contribution is 2.22. The summed E-state index contributed by atoms with van der Waals surface area (Å²) in [7, 11) is 0. The van der Waals surface area contributed by atoms with Crippen LogP contribution in [0.3, 0.4) is 0 Å². The van der Waals surface area contributed by atoms with Crippen molar-refractivity contribution in [3.63, 3.8) is 0 Å². The monoisotopic (exact) mass is 222 g/mol. The van der Waals surface area contributed by atoms with Gasteiger partial charge in [-0.3, -0.25) is 4.79 Å². The Balaban J connectivity index is 3.34. The summed E-state index contributed by atoms with van der Waals surface area (Å²) in [5.41, 5.74) is 2.16. The zero-order valence-corrected chi connectivity index (χ0v) is 9.44. The summed E-state index contributed by atoms with van der Waals surface area (Å²) >= 11 is 0. The molecule has 0 bridgehead atoms. The number of carboxylic acids is 2. The lowest BCUT2D eigenvalue weighted by Gasteiger charge is -2.12. The third kappa shape index (κ3) is 2.21. The Morgan fingerprint density at radius 1 is 1.19 bits per heavy atom. The lowest BCUT2D eigenvalue weighted by atomic mass is 9.93. The topological polar surface area (TPSA) is 74.6 Å². The van der Waals surface area contributed by atoms with Gasteiger partial charge in [0.15, 0.2) is 0 Å². The van der Waals surface area contributed by atoms with Gasteiger partial charge in [-0.2, -0.15) is 0 Å². The summed E-state index contributed by atoms with van der Waals surface area (Å²) in [6, 6.07) is 3.16. The fraction of sp³-hybridized carbons (Fsp3) is 0.333. The van der Waals surface area contributed by atoms with Gasteiger partial charge < -0.3 is 10.2 Å². The van der Waals surface area contributed by atoms with Crippen molar-refractivity contribution >= 4 is 11.9 Å². The maximum Gasteiger partial charge on any atom is 0.335 e. The number of aryl methyl sites for hydroxylation is 1. The smallest absolute Gasteiger partial charge is 0.335 e. The maximum atomic E-state index is 11.0. The van der Waals surface area contributed by atoms with E-state index in [-0.39, 0.29) is 5.56 Å². The zero-order valence-electron chi connectivity index (χ0n) is 9.44. The largest absolute Gasteiger partial charge is 0.481 e. The second-order valence-corrected chi connectivity index (χ2v) is 3.88. The first-order valence-electron chi connectivity index (χ1n) is 4.91. The van der Waals surface area contributed by atoms with Crippen molar-refractivity contribution in [2.75, 3.05) is 0 Å². The van der Waals surface area contributed by atoms with Crippen molar-refractivity contribution in [1.82, 2.24) is 0 Å². The Morgan fingerprint density at radius 2 is 1.75 bits per heavy atom. The van der Waals surface area contributed by atoms with Gasteiger partial charge in [0.1, 0.15) is 0 Å². The molecular weight excluding hydrogens is 208 g/mol. The molecule has 0 amide bonds. The van der Waals surface area contributed by atoms with Crippen LogP contribution in [0.2, 0.25) is 0 Å². The number of aliphatic carboxylic acids is 1. The van der Waals surface area contributed by atoms with E-state index < -0.39 is 17.9 Å². The molecule has 2 N–H and O–H groups in total. The van der Waals surface area contributed by atoms with Gasteiger partial charge in [0.05, 0.1) is 11.5 Å². The van der Waals surface area contributed by atoms with Crippen molar-refractivity contribution in [2.45, 2.75) is 26.7 Å². The number of aromatic carboxylic acids is 1. The zero-order chi connectivity index (χ0) is 12.5. The summed E-state index contributed by atoms with van der Waals surface area (Å²) in [6.45, 7) is 5.03. The standard InChI is InChI=1S/C12H14O4/c1-6-4-9(8(3)11(13)14)5-10(7(6)2)12(15)16/h4-5,8H,1-3H3,(H,13,14)(H,15,16). The second-order valence-electron chi connectivity index (χ2n) is 3.88. The van der Waals surface area contributed by atoms with E-state index in [1.54, 1.807) is 19.9 Å². The summed E-state index contributed by atoms with van der Waals surface area (Å²) in [4.78, 5) is 21.8. The number of hydrogen-bond donors (Lipinski definition) is 2. The Morgan fingerprint density at radius 3 is 2.19 bits per heavy atom. The summed E-state index contributed by atoms with van der Waals surface area (Å²) in [5, 5.41) is 17.9. The summed E-state index contributed by atoms with van der Waals surface area (Å²) in [6.07, 6.45) is 0. The molecule has 0 aliphatic heterocycles. The molecule has 1 aromatic rings. The number of rotatable bonds is 3. The van der Waals surface area contributed by atoms with E-state index in [1.165, 1.54) is 13.0 Å². The minimum atomic E-state index is -1.03. The molecule has 1 aromatic carbocycles. The average Bonchev–Trinajstić information content (AvgIpc) is 2.20. The van der Waals surface area contributed by atoms with Gasteiger partial charge in [0.2, 0.25) is 0 Å². The first-order chi connectivity index (χ1) is 7.34. The molecule has 0 radical (unpaired) electrons. The Bertz CT molecular complexity index is 449. The molecule has 0 saturated carbocycles. The van der Waals surface area contributed by atoms with E-state index in [0.29, 0.717) is 11.1 Å². The van der Waals surface area contributed by atoms with Gasteiger partial charge in [-0.15, -0.1) is 0 Å². The normalized spacial score (nSPS) is 12.2. The first-order valence-corrected chi connectivity index (χ1v) is 4.91. The summed E-state index contributed by atoms with van der Waals surface area (Å²) in [5.74, 6) is -2.68. The maximum absolute atomic E-state index is 11.0. The van der Waals surface area contributed by atoms with Crippen molar-refractivity contribution in [3.05, 3.63) is 34.4 Å². The lowest BCUT2D eigenvalue weighted by molar-refractivity contribution is -0.138. The molecule has 1 atom stereocenters. The van der Waals surface area contributed by atoms with Crippen molar-refractivity contribution in [3.8, 4) is 0 Å². The molecule has 4 heteroatoms. The van der Waals surface area contributed by atoms with Crippen LogP contribution in [0.4, 0.5) is 0 Å².